The van der Waals surface area contributed by atoms with Crippen molar-refractivity contribution in [3.63, 3.8) is 0 Å². The van der Waals surface area contributed by atoms with Gasteiger partial charge in [0.05, 0.1) is 6.21 Å². The summed E-state index contributed by atoms with van der Waals surface area (Å²) in [5, 5.41) is 13.5. The fourth-order valence-electron chi connectivity index (χ4n) is 2.23. The summed E-state index contributed by atoms with van der Waals surface area (Å²) in [7, 11) is 0. The second-order valence-electron chi connectivity index (χ2n) is 5.66. The minimum atomic E-state index is -1.04. The third-order valence-electron chi connectivity index (χ3n) is 3.62. The first-order chi connectivity index (χ1) is 12.9. The van der Waals surface area contributed by atoms with Gasteiger partial charge >= 0.3 is 11.9 Å². The third-order valence-corrected chi connectivity index (χ3v) is 4.12. The Labute approximate surface area is 162 Å². The van der Waals surface area contributed by atoms with Gasteiger partial charge in [0.25, 0.3) is 0 Å². The van der Waals surface area contributed by atoms with Crippen LogP contribution in [0.3, 0.4) is 0 Å². The van der Waals surface area contributed by atoms with E-state index in [1.807, 2.05) is 12.1 Å². The highest BCUT2D eigenvalue weighted by atomic mass is 79.9. The van der Waals surface area contributed by atoms with Gasteiger partial charge in [-0.1, -0.05) is 15.9 Å². The molecule has 0 aliphatic rings. The van der Waals surface area contributed by atoms with E-state index in [2.05, 4.69) is 26.5 Å². The van der Waals surface area contributed by atoms with E-state index < -0.39 is 18.0 Å². The maximum Gasteiger partial charge on any atom is 0.344 e. The van der Waals surface area contributed by atoms with Crippen LogP contribution in [0.4, 0.5) is 0 Å². The summed E-state index contributed by atoms with van der Waals surface area (Å²) >= 11 is 3.37. The van der Waals surface area contributed by atoms with E-state index >= 15 is 0 Å². The fourth-order valence-corrected chi connectivity index (χ4v) is 2.61. The second-order valence-corrected chi connectivity index (χ2v) is 6.57. The summed E-state index contributed by atoms with van der Waals surface area (Å²) in [6, 6.07) is 13.7. The number of carboxylic acids is 1. The molecule has 0 bridgehead atoms. The normalized spacial score (nSPS) is 12.2. The number of nitrogens with zero attached hydrogens (tertiary/aromatic N) is 1. The SMILES string of the molecule is C[C@H](Oc1ccc(/C=N\NC(=O)c2cc3cc(Br)ccc3o2)cc1)C(=O)O. The number of furan rings is 1. The van der Waals surface area contributed by atoms with Gasteiger partial charge < -0.3 is 14.3 Å². The van der Waals surface area contributed by atoms with Crippen LogP contribution in [-0.4, -0.2) is 29.3 Å². The van der Waals surface area contributed by atoms with Crippen LogP contribution in [0.15, 0.2) is 62.5 Å². The number of fused-ring (bicyclic) bond motifs is 1. The maximum absolute atomic E-state index is 12.1. The highest BCUT2D eigenvalue weighted by Gasteiger charge is 2.12. The molecular weight excluding hydrogens is 416 g/mol. The Balaban J connectivity index is 1.60. The number of carboxylic acid groups (broad SMARTS) is 1. The van der Waals surface area contributed by atoms with Crippen molar-refractivity contribution < 1.29 is 23.8 Å². The number of amides is 1. The zero-order valence-electron chi connectivity index (χ0n) is 14.2. The lowest BCUT2D eigenvalue weighted by molar-refractivity contribution is -0.144. The van der Waals surface area contributed by atoms with Crippen LogP contribution < -0.4 is 10.2 Å². The Hall–Kier alpha value is -3.13. The third kappa shape index (κ3) is 4.73. The van der Waals surface area contributed by atoms with Gasteiger partial charge in [-0.2, -0.15) is 5.10 Å². The van der Waals surface area contributed by atoms with Crippen molar-refractivity contribution in [1.82, 2.24) is 5.43 Å². The van der Waals surface area contributed by atoms with Crippen molar-refractivity contribution in [3.05, 3.63) is 64.3 Å². The zero-order chi connectivity index (χ0) is 19.4. The molecule has 0 unspecified atom stereocenters. The predicted molar refractivity (Wildman–Crippen MR) is 103 cm³/mol. The number of carbonyl (C=O) groups is 2. The van der Waals surface area contributed by atoms with Crippen molar-refractivity contribution in [2.45, 2.75) is 13.0 Å². The summed E-state index contributed by atoms with van der Waals surface area (Å²) in [5.74, 6) is -0.915. The molecule has 0 aliphatic carbocycles. The molecule has 0 spiro atoms. The summed E-state index contributed by atoms with van der Waals surface area (Å²) in [4.78, 5) is 22.9. The standard InChI is InChI=1S/C19H15BrN2O5/c1-11(19(24)25)26-15-5-2-12(3-6-15)10-21-22-18(23)17-9-13-8-14(20)4-7-16(13)27-17/h2-11H,1H3,(H,22,23)(H,24,25)/b21-10-/t11-/m0/s1. The molecule has 1 aromatic heterocycles. The van der Waals surface area contributed by atoms with E-state index in [0.29, 0.717) is 16.9 Å². The number of rotatable bonds is 6. The first-order valence-corrected chi connectivity index (χ1v) is 8.74. The van der Waals surface area contributed by atoms with Crippen molar-refractivity contribution in [3.8, 4) is 5.75 Å². The predicted octanol–water partition coefficient (Wildman–Crippen LogP) is 3.81. The molecule has 0 radical (unpaired) electrons. The first-order valence-electron chi connectivity index (χ1n) is 7.94. The van der Waals surface area contributed by atoms with Crippen molar-refractivity contribution in [2.75, 3.05) is 0 Å². The van der Waals surface area contributed by atoms with E-state index in [1.165, 1.54) is 13.1 Å². The topological polar surface area (TPSA) is 101 Å². The molecule has 0 fully saturated rings. The van der Waals surface area contributed by atoms with Crippen LogP contribution in [0, 0.1) is 0 Å². The number of ether oxygens (including phenoxy) is 1. The number of aliphatic carboxylic acids is 1. The molecule has 0 saturated carbocycles. The molecule has 8 heteroatoms. The number of benzene rings is 2. The van der Waals surface area contributed by atoms with Crippen LogP contribution in [0.5, 0.6) is 5.75 Å². The molecule has 1 heterocycles. The Kier molecular flexibility index (Phi) is 5.56. The van der Waals surface area contributed by atoms with Gasteiger partial charge in [0.2, 0.25) is 0 Å². The number of hydrogen-bond donors (Lipinski definition) is 2. The van der Waals surface area contributed by atoms with E-state index in [9.17, 15) is 9.59 Å². The van der Waals surface area contributed by atoms with E-state index in [-0.39, 0.29) is 5.76 Å². The largest absolute Gasteiger partial charge is 0.479 e. The van der Waals surface area contributed by atoms with Crippen molar-refractivity contribution in [1.29, 1.82) is 0 Å². The molecule has 2 aromatic carbocycles. The van der Waals surface area contributed by atoms with Gasteiger partial charge in [-0.3, -0.25) is 4.79 Å². The Morgan fingerprint density at radius 1 is 1.22 bits per heavy atom. The quantitative estimate of drug-likeness (QED) is 0.457. The molecule has 27 heavy (non-hydrogen) atoms. The highest BCUT2D eigenvalue weighted by Crippen LogP contribution is 2.23. The Morgan fingerprint density at radius 3 is 2.67 bits per heavy atom. The van der Waals surface area contributed by atoms with Crippen LogP contribution in [-0.2, 0) is 4.79 Å². The number of halogens is 1. The lowest BCUT2D eigenvalue weighted by Gasteiger charge is -2.09. The monoisotopic (exact) mass is 430 g/mol. The fraction of sp³-hybridized carbons (Fsp3) is 0.105. The lowest BCUT2D eigenvalue weighted by atomic mass is 10.2. The van der Waals surface area contributed by atoms with E-state index in [1.54, 1.807) is 36.4 Å². The maximum atomic E-state index is 12.1. The highest BCUT2D eigenvalue weighted by molar-refractivity contribution is 9.10. The number of nitrogens with one attached hydrogen (secondary N) is 1. The van der Waals surface area contributed by atoms with Gasteiger partial charge in [0.15, 0.2) is 11.9 Å². The molecule has 7 nitrogen and oxygen atoms in total. The average Bonchev–Trinajstić information content (AvgIpc) is 3.06. The summed E-state index contributed by atoms with van der Waals surface area (Å²) < 4.78 is 11.6. The van der Waals surface area contributed by atoms with E-state index in [4.69, 9.17) is 14.3 Å². The molecule has 3 rings (SSSR count). The first kappa shape index (κ1) is 18.7. The van der Waals surface area contributed by atoms with Gasteiger partial charge in [0.1, 0.15) is 11.3 Å². The molecule has 1 amide bonds. The number of hydrazone groups is 1. The van der Waals surface area contributed by atoms with Gasteiger partial charge in [-0.05, 0) is 61.0 Å². The molecule has 0 saturated heterocycles. The Morgan fingerprint density at radius 2 is 1.96 bits per heavy atom. The minimum Gasteiger partial charge on any atom is -0.479 e. The van der Waals surface area contributed by atoms with Crippen molar-refractivity contribution in [2.24, 2.45) is 5.10 Å². The van der Waals surface area contributed by atoms with Crippen LogP contribution in [0.1, 0.15) is 23.0 Å². The average molecular weight is 431 g/mol. The van der Waals surface area contributed by atoms with Crippen LogP contribution in [0.25, 0.3) is 11.0 Å². The summed E-state index contributed by atoms with van der Waals surface area (Å²) in [6.45, 7) is 1.45. The minimum absolute atomic E-state index is 0.159. The van der Waals surface area contributed by atoms with Gasteiger partial charge in [-0.25, -0.2) is 10.2 Å². The van der Waals surface area contributed by atoms with E-state index in [0.717, 1.165) is 9.86 Å². The zero-order valence-corrected chi connectivity index (χ0v) is 15.8. The van der Waals surface area contributed by atoms with Crippen LogP contribution in [0.2, 0.25) is 0 Å². The molecule has 3 aromatic rings. The van der Waals surface area contributed by atoms with Gasteiger partial charge in [0, 0.05) is 9.86 Å². The smallest absolute Gasteiger partial charge is 0.344 e. The summed E-state index contributed by atoms with van der Waals surface area (Å²) in [6.07, 6.45) is 0.523. The summed E-state index contributed by atoms with van der Waals surface area (Å²) in [5.41, 5.74) is 3.72. The number of hydrogen-bond acceptors (Lipinski definition) is 5. The van der Waals surface area contributed by atoms with Crippen LogP contribution >= 0.6 is 15.9 Å². The second kappa shape index (κ2) is 8.05. The van der Waals surface area contributed by atoms with Gasteiger partial charge in [-0.15, -0.1) is 0 Å². The molecule has 0 aliphatic heterocycles. The molecule has 1 atom stereocenters. The Bertz CT molecular complexity index is 1010. The number of carbonyl (C=O) groups excluding carboxylic acids is 1. The lowest BCUT2D eigenvalue weighted by Crippen LogP contribution is -2.22. The molecular formula is C19H15BrN2O5. The molecule has 138 valence electrons. The molecule has 2 N–H and O–H groups in total. The van der Waals surface area contributed by atoms with Crippen molar-refractivity contribution >= 4 is 45.0 Å².